The van der Waals surface area contributed by atoms with Gasteiger partial charge in [-0.1, -0.05) is 53.6 Å². The van der Waals surface area contributed by atoms with Gasteiger partial charge in [-0.2, -0.15) is 0 Å². The second kappa shape index (κ2) is 14.2. The number of hydrogen-bond donors (Lipinski definition) is 2. The zero-order chi connectivity index (χ0) is 28.5. The first kappa shape index (κ1) is 29.4. The molecule has 2 unspecified atom stereocenters. The standard InChI is InChI=1S/C29H29Cl2N5O4/c1-2-35(39)28(38)25(34-27(37)26-23(30)7-4-8-24(26)31)9-3-6-20-10-12-21(13-11-20)36(22-14-18-40-19-15-22)29-32-16-5-17-33-29/h2-8,10-13,16-17,22,25,35H,1,9,14-15,18-19H2,(H,34,37)/b6-3+. The first-order valence-corrected chi connectivity index (χ1v) is 13.5. The number of hydrogen-bond acceptors (Lipinski definition) is 7. The van der Waals surface area contributed by atoms with E-state index < -0.39 is 22.9 Å². The van der Waals surface area contributed by atoms with Gasteiger partial charge in [0.15, 0.2) is 0 Å². The molecule has 2 aromatic carbocycles. The minimum atomic E-state index is -1.12. The molecule has 9 nitrogen and oxygen atoms in total. The van der Waals surface area contributed by atoms with Gasteiger partial charge in [-0.3, -0.25) is 9.86 Å². The van der Waals surface area contributed by atoms with Crippen molar-refractivity contribution in [3.05, 3.63) is 106 Å². The van der Waals surface area contributed by atoms with Gasteiger partial charge in [0.2, 0.25) is 5.95 Å². The van der Waals surface area contributed by atoms with Crippen molar-refractivity contribution in [3.8, 4) is 0 Å². The third-order valence-electron chi connectivity index (χ3n) is 6.42. The second-order valence-electron chi connectivity index (χ2n) is 9.05. The predicted octanol–water partition coefficient (Wildman–Crippen LogP) is 4.36. The fourth-order valence-electron chi connectivity index (χ4n) is 4.38. The van der Waals surface area contributed by atoms with E-state index in [0.29, 0.717) is 19.2 Å². The molecule has 2 amide bonds. The van der Waals surface area contributed by atoms with Crippen LogP contribution in [0.1, 0.15) is 35.2 Å². The van der Waals surface area contributed by atoms with Crippen LogP contribution in [0.2, 0.25) is 10.0 Å². The summed E-state index contributed by atoms with van der Waals surface area (Å²) in [5.41, 5.74) is 1.85. The maximum Gasteiger partial charge on any atom is 0.339 e. The molecule has 4 rings (SSSR count). The highest BCUT2D eigenvalue weighted by atomic mass is 35.5. The molecule has 1 aromatic heterocycles. The van der Waals surface area contributed by atoms with Gasteiger partial charge in [0.25, 0.3) is 5.91 Å². The topological polar surface area (TPSA) is 112 Å². The lowest BCUT2D eigenvalue weighted by Gasteiger charge is -2.34. The number of nitrogens with one attached hydrogen (secondary N) is 2. The fourth-order valence-corrected chi connectivity index (χ4v) is 4.95. The predicted molar refractivity (Wildman–Crippen MR) is 155 cm³/mol. The molecule has 0 radical (unpaired) electrons. The van der Waals surface area contributed by atoms with Crippen molar-refractivity contribution in [2.75, 3.05) is 18.1 Å². The number of benzene rings is 2. The minimum Gasteiger partial charge on any atom is -0.622 e. The van der Waals surface area contributed by atoms with E-state index in [1.165, 1.54) is 12.1 Å². The molecule has 2 N–H and O–H groups in total. The van der Waals surface area contributed by atoms with Crippen LogP contribution in [0.15, 0.2) is 79.8 Å². The van der Waals surface area contributed by atoms with E-state index in [1.807, 2.05) is 30.3 Å². The van der Waals surface area contributed by atoms with Crippen LogP contribution in [0.4, 0.5) is 11.6 Å². The number of amides is 2. The highest BCUT2D eigenvalue weighted by Crippen LogP contribution is 2.29. The van der Waals surface area contributed by atoms with E-state index in [9.17, 15) is 14.8 Å². The number of aromatic nitrogens is 2. The van der Waals surface area contributed by atoms with Crippen LogP contribution < -0.4 is 15.3 Å². The van der Waals surface area contributed by atoms with E-state index in [2.05, 4.69) is 26.8 Å². The third-order valence-corrected chi connectivity index (χ3v) is 7.05. The number of rotatable bonds is 10. The molecule has 40 heavy (non-hydrogen) atoms. The van der Waals surface area contributed by atoms with E-state index in [1.54, 1.807) is 30.6 Å². The van der Waals surface area contributed by atoms with Crippen molar-refractivity contribution in [1.82, 2.24) is 15.3 Å². The highest BCUT2D eigenvalue weighted by Gasteiger charge is 2.27. The summed E-state index contributed by atoms with van der Waals surface area (Å²) in [7, 11) is 0. The molecule has 0 aliphatic carbocycles. The maximum absolute atomic E-state index is 12.9. The van der Waals surface area contributed by atoms with Gasteiger partial charge in [0, 0.05) is 37.3 Å². The number of anilines is 2. The number of hydroxylamine groups is 2. The summed E-state index contributed by atoms with van der Waals surface area (Å²) in [4.78, 5) is 36.6. The Balaban J connectivity index is 1.49. The van der Waals surface area contributed by atoms with Crippen molar-refractivity contribution in [1.29, 1.82) is 0 Å². The van der Waals surface area contributed by atoms with Crippen LogP contribution in [-0.4, -0.2) is 47.1 Å². The van der Waals surface area contributed by atoms with Gasteiger partial charge in [-0.05, 0) is 61.7 Å². The monoisotopic (exact) mass is 581 g/mol. The van der Waals surface area contributed by atoms with Crippen LogP contribution >= 0.6 is 23.2 Å². The summed E-state index contributed by atoms with van der Waals surface area (Å²) in [5.74, 6) is -0.818. The molecule has 1 aliphatic heterocycles. The molecule has 2 atom stereocenters. The number of carbonyl (C=O) groups excluding carboxylic acids is 2. The Morgan fingerprint density at radius 3 is 2.38 bits per heavy atom. The Hall–Kier alpha value is -3.60. The number of quaternary nitrogens is 1. The zero-order valence-electron chi connectivity index (χ0n) is 21.6. The highest BCUT2D eigenvalue weighted by molar-refractivity contribution is 6.39. The minimum absolute atomic E-state index is 0.0331. The molecule has 1 fully saturated rings. The van der Waals surface area contributed by atoms with Crippen LogP contribution in [0, 0.1) is 5.21 Å². The summed E-state index contributed by atoms with van der Waals surface area (Å²) in [6.07, 6.45) is 9.70. The lowest BCUT2D eigenvalue weighted by atomic mass is 10.1. The van der Waals surface area contributed by atoms with Crippen molar-refractivity contribution >= 4 is 52.7 Å². The van der Waals surface area contributed by atoms with E-state index in [0.717, 1.165) is 30.3 Å². The Morgan fingerprint density at radius 1 is 1.10 bits per heavy atom. The summed E-state index contributed by atoms with van der Waals surface area (Å²) in [6.45, 7) is 4.74. The fraction of sp³-hybridized carbons (Fsp3) is 0.241. The quantitative estimate of drug-likeness (QED) is 0.342. The maximum atomic E-state index is 12.9. The first-order valence-electron chi connectivity index (χ1n) is 12.7. The van der Waals surface area contributed by atoms with E-state index in [4.69, 9.17) is 27.9 Å². The molecule has 0 spiro atoms. The Labute approximate surface area is 242 Å². The lowest BCUT2D eigenvalue weighted by molar-refractivity contribution is -0.705. The number of nitrogens with zero attached hydrogens (tertiary/aromatic N) is 3. The van der Waals surface area contributed by atoms with Crippen LogP contribution in [0.5, 0.6) is 0 Å². The van der Waals surface area contributed by atoms with Gasteiger partial charge < -0.3 is 20.2 Å². The third kappa shape index (κ3) is 7.32. The molecule has 1 saturated heterocycles. The Kier molecular flexibility index (Phi) is 10.4. The lowest BCUT2D eigenvalue weighted by Crippen LogP contribution is -3.07. The van der Waals surface area contributed by atoms with Crippen LogP contribution in [0.25, 0.3) is 6.08 Å². The van der Waals surface area contributed by atoms with Crippen molar-refractivity contribution in [2.45, 2.75) is 31.3 Å². The molecule has 3 aromatic rings. The Morgan fingerprint density at radius 2 is 1.75 bits per heavy atom. The van der Waals surface area contributed by atoms with Crippen molar-refractivity contribution < 1.29 is 19.4 Å². The molecule has 11 heteroatoms. The molecular weight excluding hydrogens is 553 g/mol. The molecule has 0 bridgehead atoms. The summed E-state index contributed by atoms with van der Waals surface area (Å²) in [6, 6.07) is 13.4. The van der Waals surface area contributed by atoms with Gasteiger partial charge in [-0.15, -0.1) is 0 Å². The zero-order valence-corrected chi connectivity index (χ0v) is 23.1. The van der Waals surface area contributed by atoms with E-state index >= 15 is 0 Å². The SMILES string of the molecule is C=C[NH+]([O-])C(=O)C(C/C=C/c1ccc(N(c2ncccn2)C2CCOCC2)cc1)NC(=O)c1c(Cl)cccc1Cl. The summed E-state index contributed by atoms with van der Waals surface area (Å²) >= 11 is 12.3. The number of ether oxygens (including phenoxy) is 1. The summed E-state index contributed by atoms with van der Waals surface area (Å²) in [5, 5.41) is 14.1. The first-order chi connectivity index (χ1) is 19.4. The Bertz CT molecular complexity index is 1330. The van der Waals surface area contributed by atoms with Gasteiger partial charge >= 0.3 is 5.91 Å². The van der Waals surface area contributed by atoms with Gasteiger partial charge in [0.1, 0.15) is 6.04 Å². The number of carbonyl (C=O) groups is 2. The molecule has 1 aliphatic rings. The molecule has 208 valence electrons. The molecule has 2 heterocycles. The van der Waals surface area contributed by atoms with Crippen molar-refractivity contribution in [2.24, 2.45) is 0 Å². The van der Waals surface area contributed by atoms with Gasteiger partial charge in [-0.25, -0.2) is 14.8 Å². The second-order valence-corrected chi connectivity index (χ2v) is 9.86. The summed E-state index contributed by atoms with van der Waals surface area (Å²) < 4.78 is 5.54. The van der Waals surface area contributed by atoms with Crippen LogP contribution in [-0.2, 0) is 9.53 Å². The largest absolute Gasteiger partial charge is 0.622 e. The number of halogens is 2. The normalized spacial score (nSPS) is 15.4. The van der Waals surface area contributed by atoms with E-state index in [-0.39, 0.29) is 28.1 Å². The van der Waals surface area contributed by atoms with Crippen molar-refractivity contribution in [3.63, 3.8) is 0 Å². The molecule has 0 saturated carbocycles. The average Bonchev–Trinajstić information content (AvgIpc) is 2.98. The smallest absolute Gasteiger partial charge is 0.339 e. The molecular formula is C29H29Cl2N5O4. The van der Waals surface area contributed by atoms with Gasteiger partial charge in [0.05, 0.1) is 21.8 Å². The van der Waals surface area contributed by atoms with Crippen LogP contribution in [0.3, 0.4) is 0 Å². The average molecular weight is 582 g/mol.